The Labute approximate surface area is 79.4 Å². The molecule has 0 amide bonds. The molecule has 3 unspecified atom stereocenters. The highest BCUT2D eigenvalue weighted by Crippen LogP contribution is 2.41. The van der Waals surface area contributed by atoms with E-state index in [2.05, 4.69) is 18.8 Å². The summed E-state index contributed by atoms with van der Waals surface area (Å²) in [6.45, 7) is 5.30. The maximum atomic E-state index is 5.70. The lowest BCUT2D eigenvalue weighted by molar-refractivity contribution is -0.0206. The van der Waals surface area contributed by atoms with Gasteiger partial charge in [0.1, 0.15) is 5.60 Å². The van der Waals surface area contributed by atoms with E-state index in [0.29, 0.717) is 11.9 Å². The summed E-state index contributed by atoms with van der Waals surface area (Å²) in [5.41, 5.74) is 5.52. The SMILES string of the molecule is CC1CCC(C)C2(CN=C(N)O2)C1. The summed E-state index contributed by atoms with van der Waals surface area (Å²) in [4.78, 5) is 4.17. The van der Waals surface area contributed by atoms with E-state index >= 15 is 0 Å². The molecule has 0 bridgehead atoms. The van der Waals surface area contributed by atoms with E-state index in [1.165, 1.54) is 12.8 Å². The van der Waals surface area contributed by atoms with Crippen LogP contribution >= 0.6 is 0 Å². The van der Waals surface area contributed by atoms with Gasteiger partial charge in [0.2, 0.25) is 0 Å². The van der Waals surface area contributed by atoms with Crippen LogP contribution in [0.4, 0.5) is 0 Å². The van der Waals surface area contributed by atoms with E-state index in [-0.39, 0.29) is 5.60 Å². The number of rotatable bonds is 0. The third kappa shape index (κ3) is 1.40. The van der Waals surface area contributed by atoms with Crippen LogP contribution in [0, 0.1) is 11.8 Å². The van der Waals surface area contributed by atoms with Crippen molar-refractivity contribution in [2.24, 2.45) is 22.6 Å². The number of aliphatic imine (C=N–C) groups is 1. The van der Waals surface area contributed by atoms with Gasteiger partial charge in [0, 0.05) is 0 Å². The number of hydrogen-bond acceptors (Lipinski definition) is 3. The molecule has 0 aromatic carbocycles. The molecule has 0 aromatic rings. The Bertz CT molecular complexity index is 239. The van der Waals surface area contributed by atoms with E-state index in [0.717, 1.165) is 18.9 Å². The lowest BCUT2D eigenvalue weighted by Gasteiger charge is -2.40. The van der Waals surface area contributed by atoms with Crippen LogP contribution in [-0.4, -0.2) is 18.2 Å². The fourth-order valence-electron chi connectivity index (χ4n) is 2.54. The first-order valence-electron chi connectivity index (χ1n) is 5.11. The van der Waals surface area contributed by atoms with Gasteiger partial charge in [-0.05, 0) is 24.7 Å². The summed E-state index contributed by atoms with van der Waals surface area (Å²) in [7, 11) is 0. The van der Waals surface area contributed by atoms with Crippen LogP contribution in [0.15, 0.2) is 4.99 Å². The molecule has 0 saturated heterocycles. The van der Waals surface area contributed by atoms with Crippen LogP contribution in [0.1, 0.15) is 33.1 Å². The molecular weight excluding hydrogens is 164 g/mol. The maximum Gasteiger partial charge on any atom is 0.282 e. The van der Waals surface area contributed by atoms with Gasteiger partial charge in [-0.2, -0.15) is 0 Å². The molecule has 1 spiro atoms. The maximum absolute atomic E-state index is 5.70. The third-order valence-corrected chi connectivity index (χ3v) is 3.49. The second kappa shape index (κ2) is 2.89. The lowest BCUT2D eigenvalue weighted by atomic mass is 9.72. The van der Waals surface area contributed by atoms with Gasteiger partial charge in [0.05, 0.1) is 6.54 Å². The van der Waals surface area contributed by atoms with Gasteiger partial charge in [-0.15, -0.1) is 0 Å². The van der Waals surface area contributed by atoms with Crippen molar-refractivity contribution in [1.29, 1.82) is 0 Å². The Hall–Kier alpha value is -0.730. The molecule has 2 N–H and O–H groups in total. The molecule has 0 radical (unpaired) electrons. The van der Waals surface area contributed by atoms with E-state index < -0.39 is 0 Å². The van der Waals surface area contributed by atoms with Crippen molar-refractivity contribution in [3.05, 3.63) is 0 Å². The number of ether oxygens (including phenoxy) is 1. The van der Waals surface area contributed by atoms with Crippen molar-refractivity contribution in [1.82, 2.24) is 0 Å². The number of amidine groups is 1. The summed E-state index contributed by atoms with van der Waals surface area (Å²) in [5, 5.41) is 0. The van der Waals surface area contributed by atoms with Gasteiger partial charge in [0.25, 0.3) is 6.02 Å². The van der Waals surface area contributed by atoms with E-state index in [4.69, 9.17) is 10.5 Å². The summed E-state index contributed by atoms with van der Waals surface area (Å²) in [6, 6.07) is 0.390. The van der Waals surface area contributed by atoms with Crippen molar-refractivity contribution < 1.29 is 4.74 Å². The number of nitrogens with two attached hydrogens (primary N) is 1. The summed E-state index contributed by atoms with van der Waals surface area (Å²) >= 11 is 0. The molecule has 1 fully saturated rings. The van der Waals surface area contributed by atoms with E-state index in [1.54, 1.807) is 0 Å². The Morgan fingerprint density at radius 3 is 2.85 bits per heavy atom. The summed E-state index contributed by atoms with van der Waals surface area (Å²) in [6.07, 6.45) is 3.66. The number of hydrogen-bond donors (Lipinski definition) is 1. The minimum Gasteiger partial charge on any atom is -0.457 e. The van der Waals surface area contributed by atoms with Crippen LogP contribution in [0.3, 0.4) is 0 Å². The number of nitrogens with zero attached hydrogens (tertiary/aromatic N) is 1. The molecule has 2 rings (SSSR count). The largest absolute Gasteiger partial charge is 0.457 e. The standard InChI is InChI=1S/C10H18N2O/c1-7-3-4-8(2)10(5-7)6-12-9(11)13-10/h7-8H,3-6H2,1-2H3,(H2,11,12). The molecule has 3 nitrogen and oxygen atoms in total. The smallest absolute Gasteiger partial charge is 0.282 e. The molecule has 1 aliphatic carbocycles. The van der Waals surface area contributed by atoms with Gasteiger partial charge in [-0.1, -0.05) is 20.3 Å². The van der Waals surface area contributed by atoms with E-state index in [1.807, 2.05) is 0 Å². The molecule has 0 aromatic heterocycles. The lowest BCUT2D eigenvalue weighted by Crippen LogP contribution is -2.45. The zero-order valence-electron chi connectivity index (χ0n) is 8.42. The molecule has 74 valence electrons. The van der Waals surface area contributed by atoms with Crippen molar-refractivity contribution in [2.45, 2.75) is 38.7 Å². The first-order valence-corrected chi connectivity index (χ1v) is 5.11. The van der Waals surface area contributed by atoms with Gasteiger partial charge >= 0.3 is 0 Å². The first-order chi connectivity index (χ1) is 6.12. The summed E-state index contributed by atoms with van der Waals surface area (Å²) in [5.74, 6) is 1.34. The molecule has 1 saturated carbocycles. The first kappa shape index (κ1) is 8.85. The van der Waals surface area contributed by atoms with Crippen LogP contribution in [0.5, 0.6) is 0 Å². The average molecular weight is 182 g/mol. The fourth-order valence-corrected chi connectivity index (χ4v) is 2.54. The zero-order valence-corrected chi connectivity index (χ0v) is 8.42. The van der Waals surface area contributed by atoms with Crippen LogP contribution in [0.25, 0.3) is 0 Å². The minimum atomic E-state index is -0.0538. The molecule has 1 aliphatic heterocycles. The van der Waals surface area contributed by atoms with Crippen molar-refractivity contribution in [2.75, 3.05) is 6.54 Å². The van der Waals surface area contributed by atoms with Gasteiger partial charge in [-0.25, -0.2) is 4.99 Å². The van der Waals surface area contributed by atoms with Gasteiger partial charge in [-0.3, -0.25) is 0 Å². The normalized spacial score (nSPS) is 44.6. The molecule has 1 heterocycles. The minimum absolute atomic E-state index is 0.0538. The predicted octanol–water partition coefficient (Wildman–Crippen LogP) is 1.53. The topological polar surface area (TPSA) is 47.6 Å². The molecule has 3 atom stereocenters. The fraction of sp³-hybridized carbons (Fsp3) is 0.900. The van der Waals surface area contributed by atoms with Crippen molar-refractivity contribution in [3.8, 4) is 0 Å². The molecule has 3 heteroatoms. The zero-order chi connectivity index (χ0) is 9.47. The Morgan fingerprint density at radius 1 is 1.46 bits per heavy atom. The third-order valence-electron chi connectivity index (χ3n) is 3.49. The van der Waals surface area contributed by atoms with Crippen LogP contribution < -0.4 is 5.73 Å². The second-order valence-electron chi connectivity index (χ2n) is 4.61. The van der Waals surface area contributed by atoms with Crippen LogP contribution in [-0.2, 0) is 4.74 Å². The highest BCUT2D eigenvalue weighted by atomic mass is 16.5. The molecule has 13 heavy (non-hydrogen) atoms. The van der Waals surface area contributed by atoms with Crippen molar-refractivity contribution >= 4 is 6.02 Å². The Balaban J connectivity index is 2.12. The average Bonchev–Trinajstić information content (AvgIpc) is 2.42. The monoisotopic (exact) mass is 182 g/mol. The van der Waals surface area contributed by atoms with Gasteiger partial charge < -0.3 is 10.5 Å². The highest BCUT2D eigenvalue weighted by molar-refractivity contribution is 5.73. The molecule has 2 aliphatic rings. The molecular formula is C10H18N2O. The Kier molecular flexibility index (Phi) is 1.97. The van der Waals surface area contributed by atoms with Gasteiger partial charge in [0.15, 0.2) is 0 Å². The van der Waals surface area contributed by atoms with Crippen molar-refractivity contribution in [3.63, 3.8) is 0 Å². The quantitative estimate of drug-likeness (QED) is 0.617. The highest BCUT2D eigenvalue weighted by Gasteiger charge is 2.45. The van der Waals surface area contributed by atoms with E-state index in [9.17, 15) is 0 Å². The van der Waals surface area contributed by atoms with Crippen LogP contribution in [0.2, 0.25) is 0 Å². The Morgan fingerprint density at radius 2 is 2.23 bits per heavy atom. The summed E-state index contributed by atoms with van der Waals surface area (Å²) < 4.78 is 5.70. The second-order valence-corrected chi connectivity index (χ2v) is 4.61. The predicted molar refractivity (Wildman–Crippen MR) is 52.5 cm³/mol.